The summed E-state index contributed by atoms with van der Waals surface area (Å²) < 4.78 is 5.16. The van der Waals surface area contributed by atoms with Crippen LogP contribution in [0.5, 0.6) is 0 Å². The molecule has 140 valence electrons. The molecule has 0 saturated carbocycles. The molecule has 3 aromatic carbocycles. The van der Waals surface area contributed by atoms with Gasteiger partial charge in [-0.3, -0.25) is 4.79 Å². The molecular formula is C23H15N3O3. The van der Waals surface area contributed by atoms with Crippen molar-refractivity contribution in [1.29, 1.82) is 10.5 Å². The van der Waals surface area contributed by atoms with Gasteiger partial charge >= 0.3 is 5.97 Å². The van der Waals surface area contributed by atoms with E-state index in [-0.39, 0.29) is 5.56 Å². The van der Waals surface area contributed by atoms with Crippen LogP contribution in [0.3, 0.4) is 0 Å². The number of hydrogen-bond acceptors (Lipinski definition) is 5. The summed E-state index contributed by atoms with van der Waals surface area (Å²) in [6.45, 7) is -0.465. The third-order valence-corrected chi connectivity index (χ3v) is 4.12. The van der Waals surface area contributed by atoms with E-state index in [0.29, 0.717) is 27.9 Å². The van der Waals surface area contributed by atoms with Gasteiger partial charge in [-0.15, -0.1) is 0 Å². The fraction of sp³-hybridized carbons (Fsp3) is 0.0435. The molecule has 0 heterocycles. The van der Waals surface area contributed by atoms with Gasteiger partial charge in [-0.1, -0.05) is 36.4 Å². The average Bonchev–Trinajstić information content (AvgIpc) is 2.78. The van der Waals surface area contributed by atoms with Crippen molar-refractivity contribution in [1.82, 2.24) is 0 Å². The third-order valence-electron chi connectivity index (χ3n) is 4.12. The molecule has 0 aromatic heterocycles. The van der Waals surface area contributed by atoms with Crippen LogP contribution in [0, 0.1) is 22.7 Å². The number of esters is 1. The molecule has 1 N–H and O–H groups in total. The van der Waals surface area contributed by atoms with Gasteiger partial charge in [0.05, 0.1) is 28.8 Å². The molecule has 0 aliphatic carbocycles. The SMILES string of the molecule is N#Cc1ccc(NC(=O)COC(=O)c2ccccc2-c2ccccc2C#N)cc1. The van der Waals surface area contributed by atoms with Gasteiger partial charge in [0.1, 0.15) is 0 Å². The highest BCUT2D eigenvalue weighted by Crippen LogP contribution is 2.27. The van der Waals surface area contributed by atoms with Crippen molar-refractivity contribution in [3.8, 4) is 23.3 Å². The molecule has 0 fully saturated rings. The molecule has 3 rings (SSSR count). The fourth-order valence-corrected chi connectivity index (χ4v) is 2.75. The average molecular weight is 381 g/mol. The molecule has 6 nitrogen and oxygen atoms in total. The van der Waals surface area contributed by atoms with E-state index >= 15 is 0 Å². The van der Waals surface area contributed by atoms with E-state index in [1.165, 1.54) is 0 Å². The van der Waals surface area contributed by atoms with Gasteiger partial charge in [-0.05, 0) is 42.0 Å². The summed E-state index contributed by atoms with van der Waals surface area (Å²) >= 11 is 0. The normalized spacial score (nSPS) is 9.72. The number of nitrogens with one attached hydrogen (secondary N) is 1. The first kappa shape index (κ1) is 19.3. The lowest BCUT2D eigenvalue weighted by atomic mass is 9.96. The van der Waals surface area contributed by atoms with E-state index in [2.05, 4.69) is 11.4 Å². The summed E-state index contributed by atoms with van der Waals surface area (Å²) in [6.07, 6.45) is 0. The number of rotatable bonds is 5. The van der Waals surface area contributed by atoms with Crippen molar-refractivity contribution in [2.75, 3.05) is 11.9 Å². The first-order valence-corrected chi connectivity index (χ1v) is 8.68. The Balaban J connectivity index is 1.71. The highest BCUT2D eigenvalue weighted by Gasteiger charge is 2.17. The zero-order valence-electron chi connectivity index (χ0n) is 15.3. The lowest BCUT2D eigenvalue weighted by Gasteiger charge is -2.11. The predicted octanol–water partition coefficient (Wildman–Crippen LogP) is 3.89. The number of carbonyl (C=O) groups is 2. The van der Waals surface area contributed by atoms with Crippen LogP contribution in [0.1, 0.15) is 21.5 Å². The molecule has 3 aromatic rings. The molecule has 0 atom stereocenters. The molecule has 0 bridgehead atoms. The van der Waals surface area contributed by atoms with Crippen LogP contribution < -0.4 is 5.32 Å². The summed E-state index contributed by atoms with van der Waals surface area (Å²) in [5.74, 6) is -1.17. The van der Waals surface area contributed by atoms with E-state index in [0.717, 1.165) is 0 Å². The van der Waals surface area contributed by atoms with Crippen LogP contribution in [-0.2, 0) is 9.53 Å². The second-order valence-corrected chi connectivity index (χ2v) is 6.02. The van der Waals surface area contributed by atoms with Gasteiger partial charge in [0, 0.05) is 11.3 Å². The van der Waals surface area contributed by atoms with E-state index in [1.54, 1.807) is 72.8 Å². The van der Waals surface area contributed by atoms with Gasteiger partial charge in [0.15, 0.2) is 6.61 Å². The van der Waals surface area contributed by atoms with Crippen molar-refractivity contribution in [2.45, 2.75) is 0 Å². The Morgan fingerprint density at radius 2 is 1.48 bits per heavy atom. The Hall–Kier alpha value is -4.42. The number of nitriles is 2. The van der Waals surface area contributed by atoms with Gasteiger partial charge < -0.3 is 10.1 Å². The first-order chi connectivity index (χ1) is 14.1. The number of benzene rings is 3. The minimum absolute atomic E-state index is 0.265. The summed E-state index contributed by atoms with van der Waals surface area (Å²) in [6, 6.07) is 24.1. The van der Waals surface area contributed by atoms with Crippen molar-refractivity contribution < 1.29 is 14.3 Å². The first-order valence-electron chi connectivity index (χ1n) is 8.68. The summed E-state index contributed by atoms with van der Waals surface area (Å²) in [5, 5.41) is 20.7. The molecule has 0 saturated heterocycles. The zero-order chi connectivity index (χ0) is 20.6. The number of nitrogens with zero attached hydrogens (tertiary/aromatic N) is 2. The van der Waals surface area contributed by atoms with Crippen molar-refractivity contribution >= 4 is 17.6 Å². The maximum absolute atomic E-state index is 12.6. The molecular weight excluding hydrogens is 366 g/mol. The lowest BCUT2D eigenvalue weighted by Crippen LogP contribution is -2.21. The Labute approximate surface area is 167 Å². The summed E-state index contributed by atoms with van der Waals surface area (Å²) in [7, 11) is 0. The minimum atomic E-state index is -0.664. The van der Waals surface area contributed by atoms with Crippen LogP contribution in [0.4, 0.5) is 5.69 Å². The molecule has 6 heteroatoms. The molecule has 29 heavy (non-hydrogen) atoms. The number of amides is 1. The second kappa shape index (κ2) is 8.98. The molecule has 0 aliphatic rings. The van der Waals surface area contributed by atoms with Crippen LogP contribution in [0.25, 0.3) is 11.1 Å². The van der Waals surface area contributed by atoms with E-state index in [4.69, 9.17) is 10.00 Å². The van der Waals surface area contributed by atoms with Gasteiger partial charge in [-0.2, -0.15) is 10.5 Å². The molecule has 0 unspecified atom stereocenters. The van der Waals surface area contributed by atoms with Crippen LogP contribution in [-0.4, -0.2) is 18.5 Å². The maximum atomic E-state index is 12.6. The van der Waals surface area contributed by atoms with Gasteiger partial charge in [0.2, 0.25) is 0 Å². The molecule has 0 aliphatic heterocycles. The Morgan fingerprint density at radius 3 is 2.17 bits per heavy atom. The smallest absolute Gasteiger partial charge is 0.339 e. The highest BCUT2D eigenvalue weighted by molar-refractivity contribution is 6.00. The van der Waals surface area contributed by atoms with Crippen LogP contribution >= 0.6 is 0 Å². The Bertz CT molecular complexity index is 1140. The zero-order valence-corrected chi connectivity index (χ0v) is 15.3. The molecule has 0 spiro atoms. The number of hydrogen-bond donors (Lipinski definition) is 1. The predicted molar refractivity (Wildman–Crippen MR) is 107 cm³/mol. The topological polar surface area (TPSA) is 103 Å². The van der Waals surface area contributed by atoms with Gasteiger partial charge in [0.25, 0.3) is 5.91 Å². The lowest BCUT2D eigenvalue weighted by molar-refractivity contribution is -0.119. The van der Waals surface area contributed by atoms with E-state index in [9.17, 15) is 14.9 Å². The van der Waals surface area contributed by atoms with E-state index in [1.807, 2.05) is 6.07 Å². The number of ether oxygens (including phenoxy) is 1. The number of anilines is 1. The molecule has 0 radical (unpaired) electrons. The third kappa shape index (κ3) is 4.65. The number of carbonyl (C=O) groups excluding carboxylic acids is 2. The highest BCUT2D eigenvalue weighted by atomic mass is 16.5. The van der Waals surface area contributed by atoms with Crippen molar-refractivity contribution in [3.05, 3.63) is 89.5 Å². The van der Waals surface area contributed by atoms with Crippen LogP contribution in [0.15, 0.2) is 72.8 Å². The Morgan fingerprint density at radius 1 is 0.828 bits per heavy atom. The van der Waals surface area contributed by atoms with Crippen LogP contribution in [0.2, 0.25) is 0 Å². The van der Waals surface area contributed by atoms with Crippen molar-refractivity contribution in [2.24, 2.45) is 0 Å². The van der Waals surface area contributed by atoms with E-state index < -0.39 is 18.5 Å². The molecule has 1 amide bonds. The standard InChI is InChI=1S/C23H15N3O3/c24-13-16-9-11-18(12-10-16)26-22(27)15-29-23(28)21-8-4-3-7-20(21)19-6-2-1-5-17(19)14-25/h1-12H,15H2,(H,26,27). The fourth-order valence-electron chi connectivity index (χ4n) is 2.75. The van der Waals surface area contributed by atoms with Crippen molar-refractivity contribution in [3.63, 3.8) is 0 Å². The quantitative estimate of drug-likeness (QED) is 0.675. The largest absolute Gasteiger partial charge is 0.452 e. The minimum Gasteiger partial charge on any atom is -0.452 e. The summed E-state index contributed by atoms with van der Waals surface area (Å²) in [5.41, 5.74) is 2.84. The van der Waals surface area contributed by atoms with Gasteiger partial charge in [-0.25, -0.2) is 4.79 Å². The maximum Gasteiger partial charge on any atom is 0.339 e. The Kier molecular flexibility index (Phi) is 5.99. The monoisotopic (exact) mass is 381 g/mol. The summed E-state index contributed by atoms with van der Waals surface area (Å²) in [4.78, 5) is 24.6. The second-order valence-electron chi connectivity index (χ2n) is 6.02.